The zero-order valence-electron chi connectivity index (χ0n) is 8.13. The van der Waals surface area contributed by atoms with Crippen molar-refractivity contribution in [3.63, 3.8) is 0 Å². The van der Waals surface area contributed by atoms with Gasteiger partial charge in [0.2, 0.25) is 0 Å². The van der Waals surface area contributed by atoms with Gasteiger partial charge in [-0.25, -0.2) is 0 Å². The first kappa shape index (κ1) is 14.5. The van der Waals surface area contributed by atoms with Crippen LogP contribution in [0.2, 0.25) is 0 Å². The molecule has 0 aromatic rings. The Kier molecular flexibility index (Phi) is 5.37. The Balaban J connectivity index is 0.00000196. The number of alkyl halides is 3. The van der Waals surface area contributed by atoms with Gasteiger partial charge in [0.05, 0.1) is 18.4 Å². The lowest BCUT2D eigenvalue weighted by Crippen LogP contribution is -2.34. The molecule has 0 aliphatic carbocycles. The summed E-state index contributed by atoms with van der Waals surface area (Å²) in [7, 11) is 0. The van der Waals surface area contributed by atoms with Gasteiger partial charge >= 0.3 is 12.1 Å². The first-order valence-corrected chi connectivity index (χ1v) is 4.41. The molecule has 1 rings (SSSR count). The molecule has 1 fully saturated rings. The third-order valence-corrected chi connectivity index (χ3v) is 2.22. The van der Waals surface area contributed by atoms with Gasteiger partial charge in [-0.05, 0) is 6.92 Å². The molecule has 15 heavy (non-hydrogen) atoms. The van der Waals surface area contributed by atoms with Crippen LogP contribution in [0.4, 0.5) is 13.2 Å². The number of nitrogens with one attached hydrogen (secondary N) is 1. The molecule has 0 spiro atoms. The standard InChI is InChI=1S/C8H12F3NO2.ClH/c1-2-14-7(13)5-3-12-4-6(5)8(9,10)11;/h5-6,12H,2-4H2,1H3;1H/t5-,6-;/m0./s1. The molecule has 0 aromatic carbocycles. The molecular formula is C8H13ClF3NO2. The minimum Gasteiger partial charge on any atom is -0.466 e. The van der Waals surface area contributed by atoms with Crippen LogP contribution in [-0.4, -0.2) is 31.8 Å². The second-order valence-corrected chi connectivity index (χ2v) is 3.16. The highest BCUT2D eigenvalue weighted by molar-refractivity contribution is 5.85. The van der Waals surface area contributed by atoms with E-state index in [2.05, 4.69) is 10.1 Å². The zero-order valence-corrected chi connectivity index (χ0v) is 8.95. The van der Waals surface area contributed by atoms with Crippen molar-refractivity contribution >= 4 is 18.4 Å². The van der Waals surface area contributed by atoms with E-state index >= 15 is 0 Å². The molecule has 1 saturated heterocycles. The van der Waals surface area contributed by atoms with Gasteiger partial charge in [-0.2, -0.15) is 13.2 Å². The maximum atomic E-state index is 12.4. The largest absolute Gasteiger partial charge is 0.466 e. The molecule has 0 saturated carbocycles. The number of carbonyl (C=O) groups is 1. The van der Waals surface area contributed by atoms with Gasteiger partial charge in [0.25, 0.3) is 0 Å². The molecule has 0 aromatic heterocycles. The quantitative estimate of drug-likeness (QED) is 0.749. The minimum absolute atomic E-state index is 0. The number of hydrogen-bond donors (Lipinski definition) is 1. The summed E-state index contributed by atoms with van der Waals surface area (Å²) >= 11 is 0. The Bertz CT molecular complexity index is 222. The van der Waals surface area contributed by atoms with E-state index in [1.165, 1.54) is 0 Å². The molecule has 1 aliphatic heterocycles. The smallest absolute Gasteiger partial charge is 0.393 e. The van der Waals surface area contributed by atoms with E-state index in [1.807, 2.05) is 0 Å². The maximum absolute atomic E-state index is 12.4. The number of halogens is 4. The Morgan fingerprint density at radius 1 is 1.47 bits per heavy atom. The Hall–Kier alpha value is -0.490. The van der Waals surface area contributed by atoms with E-state index in [-0.39, 0.29) is 32.1 Å². The minimum atomic E-state index is -4.33. The lowest BCUT2D eigenvalue weighted by molar-refractivity contribution is -0.189. The summed E-state index contributed by atoms with van der Waals surface area (Å²) in [5, 5.41) is 2.55. The zero-order chi connectivity index (χ0) is 10.8. The van der Waals surface area contributed by atoms with E-state index in [1.54, 1.807) is 6.92 Å². The number of hydrogen-bond acceptors (Lipinski definition) is 3. The van der Waals surface area contributed by atoms with Crippen LogP contribution in [0.5, 0.6) is 0 Å². The van der Waals surface area contributed by atoms with Crippen molar-refractivity contribution in [2.24, 2.45) is 11.8 Å². The van der Waals surface area contributed by atoms with Gasteiger partial charge in [-0.1, -0.05) is 0 Å². The van der Waals surface area contributed by atoms with Crippen molar-refractivity contribution in [1.29, 1.82) is 0 Å². The summed E-state index contributed by atoms with van der Waals surface area (Å²) in [6, 6.07) is 0. The van der Waals surface area contributed by atoms with Crippen molar-refractivity contribution in [1.82, 2.24) is 5.32 Å². The Morgan fingerprint density at radius 3 is 2.53 bits per heavy atom. The molecule has 1 aliphatic rings. The highest BCUT2D eigenvalue weighted by Gasteiger charge is 2.50. The molecule has 0 radical (unpaired) electrons. The lowest BCUT2D eigenvalue weighted by Gasteiger charge is -2.19. The van der Waals surface area contributed by atoms with E-state index in [0.717, 1.165) is 0 Å². The molecule has 2 atom stereocenters. The van der Waals surface area contributed by atoms with Crippen LogP contribution in [0.15, 0.2) is 0 Å². The number of ether oxygens (including phenoxy) is 1. The van der Waals surface area contributed by atoms with Crippen molar-refractivity contribution in [2.45, 2.75) is 13.1 Å². The molecular weight excluding hydrogens is 235 g/mol. The summed E-state index contributed by atoms with van der Waals surface area (Å²) in [5.41, 5.74) is 0. The third kappa shape index (κ3) is 3.53. The average Bonchev–Trinajstić information content (AvgIpc) is 2.50. The van der Waals surface area contributed by atoms with Gasteiger partial charge in [0.15, 0.2) is 0 Å². The maximum Gasteiger partial charge on any atom is 0.393 e. The van der Waals surface area contributed by atoms with Crippen molar-refractivity contribution in [3.8, 4) is 0 Å². The number of esters is 1. The molecule has 0 bridgehead atoms. The second kappa shape index (κ2) is 5.55. The highest BCUT2D eigenvalue weighted by atomic mass is 35.5. The van der Waals surface area contributed by atoms with E-state index in [9.17, 15) is 18.0 Å². The topological polar surface area (TPSA) is 38.3 Å². The fourth-order valence-corrected chi connectivity index (χ4v) is 1.52. The molecule has 3 nitrogen and oxygen atoms in total. The fourth-order valence-electron chi connectivity index (χ4n) is 1.52. The Labute approximate surface area is 91.8 Å². The SMILES string of the molecule is CCOC(=O)[C@H]1CNC[C@@H]1C(F)(F)F.Cl. The highest BCUT2D eigenvalue weighted by Crippen LogP contribution is 2.34. The lowest BCUT2D eigenvalue weighted by atomic mass is 9.96. The van der Waals surface area contributed by atoms with Crippen molar-refractivity contribution < 1.29 is 22.7 Å². The van der Waals surface area contributed by atoms with Crippen LogP contribution in [0.25, 0.3) is 0 Å². The van der Waals surface area contributed by atoms with Gasteiger partial charge < -0.3 is 10.1 Å². The monoisotopic (exact) mass is 247 g/mol. The summed E-state index contributed by atoms with van der Waals surface area (Å²) in [5.74, 6) is -3.46. The van der Waals surface area contributed by atoms with E-state index in [4.69, 9.17) is 0 Å². The molecule has 1 heterocycles. The average molecular weight is 248 g/mol. The van der Waals surface area contributed by atoms with Crippen LogP contribution < -0.4 is 5.32 Å². The van der Waals surface area contributed by atoms with E-state index < -0.39 is 24.0 Å². The van der Waals surface area contributed by atoms with Gasteiger partial charge in [0.1, 0.15) is 0 Å². The summed E-state index contributed by atoms with van der Waals surface area (Å²) in [6.07, 6.45) is -4.33. The number of carbonyl (C=O) groups excluding carboxylic acids is 1. The molecule has 0 amide bonds. The number of rotatable bonds is 2. The van der Waals surface area contributed by atoms with Crippen LogP contribution >= 0.6 is 12.4 Å². The first-order chi connectivity index (χ1) is 6.46. The normalized spacial score (nSPS) is 25.9. The van der Waals surface area contributed by atoms with Crippen LogP contribution in [0, 0.1) is 11.8 Å². The van der Waals surface area contributed by atoms with Crippen molar-refractivity contribution in [3.05, 3.63) is 0 Å². The van der Waals surface area contributed by atoms with Gasteiger partial charge in [-0.3, -0.25) is 4.79 Å². The van der Waals surface area contributed by atoms with E-state index in [0.29, 0.717) is 0 Å². The predicted molar refractivity (Wildman–Crippen MR) is 49.8 cm³/mol. The summed E-state index contributed by atoms with van der Waals surface area (Å²) < 4.78 is 41.7. The third-order valence-electron chi connectivity index (χ3n) is 2.22. The Morgan fingerprint density at radius 2 is 2.07 bits per heavy atom. The molecule has 7 heteroatoms. The summed E-state index contributed by atoms with van der Waals surface area (Å²) in [4.78, 5) is 11.1. The van der Waals surface area contributed by atoms with Crippen molar-refractivity contribution in [2.75, 3.05) is 19.7 Å². The van der Waals surface area contributed by atoms with Crippen LogP contribution in [0.3, 0.4) is 0 Å². The van der Waals surface area contributed by atoms with Gasteiger partial charge in [0, 0.05) is 13.1 Å². The second-order valence-electron chi connectivity index (χ2n) is 3.16. The molecule has 0 unspecified atom stereocenters. The first-order valence-electron chi connectivity index (χ1n) is 4.41. The van der Waals surface area contributed by atoms with Crippen LogP contribution in [0.1, 0.15) is 6.92 Å². The molecule has 90 valence electrons. The van der Waals surface area contributed by atoms with Crippen LogP contribution in [-0.2, 0) is 9.53 Å². The molecule has 1 N–H and O–H groups in total. The predicted octanol–water partition coefficient (Wildman–Crippen LogP) is 1.37. The fraction of sp³-hybridized carbons (Fsp3) is 0.875. The van der Waals surface area contributed by atoms with Gasteiger partial charge in [-0.15, -0.1) is 12.4 Å². The summed E-state index contributed by atoms with van der Waals surface area (Å²) in [6.45, 7) is 1.53.